The summed E-state index contributed by atoms with van der Waals surface area (Å²) in [7, 11) is -3.49. The first kappa shape index (κ1) is 7.23. The topological polar surface area (TPSA) is 98.5 Å². The Bertz CT molecular complexity index is 300. The van der Waals surface area contributed by atoms with E-state index in [0.29, 0.717) is 0 Å². The first-order chi connectivity index (χ1) is 4.56. The molecule has 1 aliphatic heterocycles. The van der Waals surface area contributed by atoms with Gasteiger partial charge >= 0.3 is 0 Å². The first-order valence-electron chi connectivity index (χ1n) is 2.57. The van der Waals surface area contributed by atoms with Crippen LogP contribution in [-0.4, -0.2) is 20.8 Å². The summed E-state index contributed by atoms with van der Waals surface area (Å²) in [5.74, 6) is 0.000417. The molecule has 0 aliphatic carbocycles. The van der Waals surface area contributed by atoms with Crippen molar-refractivity contribution in [3.8, 4) is 0 Å². The van der Waals surface area contributed by atoms with Gasteiger partial charge in [0.05, 0.1) is 4.91 Å². The SMILES string of the molecule is NCC1=CC(N)=NS1(=O)=O. The van der Waals surface area contributed by atoms with Gasteiger partial charge in [0.2, 0.25) is 0 Å². The van der Waals surface area contributed by atoms with Gasteiger partial charge in [-0.15, -0.1) is 4.40 Å². The van der Waals surface area contributed by atoms with Gasteiger partial charge in [0.25, 0.3) is 10.0 Å². The summed E-state index contributed by atoms with van der Waals surface area (Å²) >= 11 is 0. The van der Waals surface area contributed by atoms with E-state index < -0.39 is 10.0 Å². The van der Waals surface area contributed by atoms with Gasteiger partial charge in [0.15, 0.2) is 0 Å². The maximum atomic E-state index is 10.8. The van der Waals surface area contributed by atoms with Crippen LogP contribution in [-0.2, 0) is 10.0 Å². The number of sulfonamides is 1. The lowest BCUT2D eigenvalue weighted by Gasteiger charge is -1.91. The Morgan fingerprint density at radius 3 is 2.40 bits per heavy atom. The summed E-state index contributed by atoms with van der Waals surface area (Å²) in [5.41, 5.74) is 10.2. The van der Waals surface area contributed by atoms with Crippen molar-refractivity contribution in [2.75, 3.05) is 6.54 Å². The molecule has 56 valence electrons. The van der Waals surface area contributed by atoms with Gasteiger partial charge in [-0.3, -0.25) is 0 Å². The molecule has 0 spiro atoms. The summed E-state index contributed by atoms with van der Waals surface area (Å²) in [4.78, 5) is 0.0741. The minimum absolute atomic E-state index is 0.000417. The van der Waals surface area contributed by atoms with Gasteiger partial charge in [-0.05, 0) is 6.08 Å². The molecule has 1 heterocycles. The van der Waals surface area contributed by atoms with E-state index in [1.54, 1.807) is 0 Å². The van der Waals surface area contributed by atoms with Crippen molar-refractivity contribution in [3.63, 3.8) is 0 Å². The predicted octanol–water partition coefficient (Wildman–Crippen LogP) is -1.47. The number of amidine groups is 1. The Hall–Kier alpha value is -0.880. The summed E-state index contributed by atoms with van der Waals surface area (Å²) in [6.07, 6.45) is 1.26. The maximum absolute atomic E-state index is 10.8. The smallest absolute Gasteiger partial charge is 0.281 e. The van der Waals surface area contributed by atoms with E-state index in [1.807, 2.05) is 0 Å². The van der Waals surface area contributed by atoms with Crippen LogP contribution < -0.4 is 11.5 Å². The number of hydrogen-bond donors (Lipinski definition) is 2. The number of hydrogen-bond acceptors (Lipinski definition) is 4. The molecule has 0 saturated heterocycles. The molecule has 0 aromatic rings. The summed E-state index contributed by atoms with van der Waals surface area (Å²) in [6, 6.07) is 0. The molecule has 4 N–H and O–H groups in total. The molecule has 0 fully saturated rings. The van der Waals surface area contributed by atoms with Crippen LogP contribution in [0.4, 0.5) is 0 Å². The molecule has 0 aromatic carbocycles. The Morgan fingerprint density at radius 1 is 1.60 bits per heavy atom. The van der Waals surface area contributed by atoms with E-state index in [1.165, 1.54) is 6.08 Å². The number of rotatable bonds is 1. The molecule has 0 aromatic heterocycles. The van der Waals surface area contributed by atoms with Gasteiger partial charge in [0, 0.05) is 6.54 Å². The van der Waals surface area contributed by atoms with E-state index in [4.69, 9.17) is 11.5 Å². The highest BCUT2D eigenvalue weighted by atomic mass is 32.2. The lowest BCUT2D eigenvalue weighted by molar-refractivity contribution is 0.604. The Labute approximate surface area is 58.5 Å². The highest BCUT2D eigenvalue weighted by Crippen LogP contribution is 2.12. The number of nitrogens with zero attached hydrogens (tertiary/aromatic N) is 1. The zero-order valence-corrected chi connectivity index (χ0v) is 5.93. The molecule has 0 amide bonds. The molecule has 5 nitrogen and oxygen atoms in total. The highest BCUT2D eigenvalue weighted by molar-refractivity contribution is 7.94. The van der Waals surface area contributed by atoms with Crippen molar-refractivity contribution in [1.29, 1.82) is 0 Å². The molecule has 0 unspecified atom stereocenters. The molecule has 0 bridgehead atoms. The van der Waals surface area contributed by atoms with E-state index in [2.05, 4.69) is 4.40 Å². The minimum atomic E-state index is -3.49. The fourth-order valence-corrected chi connectivity index (χ4v) is 1.56. The van der Waals surface area contributed by atoms with Crippen molar-refractivity contribution in [1.82, 2.24) is 0 Å². The first-order valence-corrected chi connectivity index (χ1v) is 4.01. The predicted molar refractivity (Wildman–Crippen MR) is 37.7 cm³/mol. The quantitative estimate of drug-likeness (QED) is 0.490. The van der Waals surface area contributed by atoms with Crippen molar-refractivity contribution in [2.24, 2.45) is 15.9 Å². The van der Waals surface area contributed by atoms with Crippen LogP contribution in [0.3, 0.4) is 0 Å². The zero-order valence-electron chi connectivity index (χ0n) is 5.11. The van der Waals surface area contributed by atoms with Gasteiger partial charge in [-0.1, -0.05) is 0 Å². The Balaban J connectivity index is 3.15. The van der Waals surface area contributed by atoms with E-state index in [0.717, 1.165) is 0 Å². The van der Waals surface area contributed by atoms with Crippen molar-refractivity contribution in [2.45, 2.75) is 0 Å². The zero-order chi connectivity index (χ0) is 7.78. The lowest BCUT2D eigenvalue weighted by Crippen LogP contribution is -2.08. The van der Waals surface area contributed by atoms with E-state index >= 15 is 0 Å². The lowest BCUT2D eigenvalue weighted by atomic mass is 10.5. The third kappa shape index (κ3) is 1.03. The van der Waals surface area contributed by atoms with Crippen LogP contribution in [0.2, 0.25) is 0 Å². The average molecular weight is 161 g/mol. The standard InChI is InChI=1S/C4H7N3O2S/c5-2-3-1-4(6)7-10(3,8)9/h1H,2,5H2,(H2,6,7). The van der Waals surface area contributed by atoms with Crippen LogP contribution in [0.25, 0.3) is 0 Å². The molecule has 0 radical (unpaired) electrons. The molecule has 1 rings (SSSR count). The van der Waals surface area contributed by atoms with Crippen molar-refractivity contribution in [3.05, 3.63) is 11.0 Å². The molecule has 0 atom stereocenters. The monoisotopic (exact) mass is 161 g/mol. The van der Waals surface area contributed by atoms with Gasteiger partial charge in [0.1, 0.15) is 5.84 Å². The summed E-state index contributed by atoms with van der Waals surface area (Å²) in [6.45, 7) is -0.0491. The van der Waals surface area contributed by atoms with Gasteiger partial charge in [-0.2, -0.15) is 8.42 Å². The van der Waals surface area contributed by atoms with Crippen LogP contribution in [0.1, 0.15) is 0 Å². The Morgan fingerprint density at radius 2 is 2.20 bits per heavy atom. The second-order valence-corrected chi connectivity index (χ2v) is 3.46. The molecule has 0 saturated carbocycles. The highest BCUT2D eigenvalue weighted by Gasteiger charge is 2.20. The second kappa shape index (κ2) is 2.06. The third-order valence-corrected chi connectivity index (χ3v) is 2.47. The Kier molecular flexibility index (Phi) is 1.49. The van der Waals surface area contributed by atoms with Gasteiger partial charge < -0.3 is 11.5 Å². The maximum Gasteiger partial charge on any atom is 0.281 e. The molecule has 6 heteroatoms. The molecule has 10 heavy (non-hydrogen) atoms. The summed E-state index contributed by atoms with van der Waals surface area (Å²) in [5, 5.41) is 0. The van der Waals surface area contributed by atoms with Crippen molar-refractivity contribution >= 4 is 15.9 Å². The summed E-state index contributed by atoms with van der Waals surface area (Å²) < 4.78 is 24.7. The largest absolute Gasteiger partial charge is 0.383 e. The second-order valence-electron chi connectivity index (χ2n) is 1.81. The molecular weight excluding hydrogens is 154 g/mol. The molecule has 1 aliphatic rings. The van der Waals surface area contributed by atoms with Gasteiger partial charge in [-0.25, -0.2) is 0 Å². The third-order valence-electron chi connectivity index (χ3n) is 1.07. The fraction of sp³-hybridized carbons (Fsp3) is 0.250. The van der Waals surface area contributed by atoms with E-state index in [9.17, 15) is 8.42 Å². The van der Waals surface area contributed by atoms with Crippen molar-refractivity contribution < 1.29 is 8.42 Å². The normalized spacial score (nSPS) is 22.1. The average Bonchev–Trinajstić information content (AvgIpc) is 2.04. The minimum Gasteiger partial charge on any atom is -0.383 e. The van der Waals surface area contributed by atoms with Crippen LogP contribution in [0.15, 0.2) is 15.4 Å². The number of nitrogens with two attached hydrogens (primary N) is 2. The van der Waals surface area contributed by atoms with Crippen LogP contribution in [0, 0.1) is 0 Å². The molecular formula is C4H7N3O2S. The van der Waals surface area contributed by atoms with Crippen LogP contribution in [0.5, 0.6) is 0 Å². The van der Waals surface area contributed by atoms with E-state index in [-0.39, 0.29) is 17.3 Å². The van der Waals surface area contributed by atoms with Crippen LogP contribution >= 0.6 is 0 Å². The fourth-order valence-electron chi connectivity index (χ4n) is 0.627.